The van der Waals surface area contributed by atoms with Crippen LogP contribution < -0.4 is 0 Å². The lowest BCUT2D eigenvalue weighted by Crippen LogP contribution is -2.24. The van der Waals surface area contributed by atoms with Crippen molar-refractivity contribution in [2.45, 2.75) is 25.1 Å². The first-order chi connectivity index (χ1) is 12.2. The summed E-state index contributed by atoms with van der Waals surface area (Å²) in [6.45, 7) is 0.962. The molecular formula is C19H18FN3O2. The zero-order valence-corrected chi connectivity index (χ0v) is 13.5. The molecule has 2 atom stereocenters. The van der Waals surface area contributed by atoms with Gasteiger partial charge in [0.05, 0.1) is 12.6 Å². The Labute approximate surface area is 144 Å². The highest BCUT2D eigenvalue weighted by molar-refractivity contribution is 5.51. The minimum atomic E-state index is -0.424. The Morgan fingerprint density at radius 2 is 1.84 bits per heavy atom. The molecule has 1 aromatic heterocycles. The van der Waals surface area contributed by atoms with Crippen molar-refractivity contribution in [3.8, 4) is 11.5 Å². The van der Waals surface area contributed by atoms with E-state index in [1.165, 1.54) is 12.1 Å². The van der Waals surface area contributed by atoms with Crippen molar-refractivity contribution in [1.82, 2.24) is 15.1 Å². The summed E-state index contributed by atoms with van der Waals surface area (Å²) in [6.07, 6.45) is 0.178. The van der Waals surface area contributed by atoms with Crippen molar-refractivity contribution in [3.05, 3.63) is 71.9 Å². The monoisotopic (exact) mass is 339 g/mol. The van der Waals surface area contributed by atoms with E-state index in [2.05, 4.69) is 15.1 Å². The fourth-order valence-corrected chi connectivity index (χ4v) is 3.27. The van der Waals surface area contributed by atoms with Crippen molar-refractivity contribution in [3.63, 3.8) is 0 Å². The second-order valence-electron chi connectivity index (χ2n) is 6.25. The first-order valence-electron chi connectivity index (χ1n) is 8.24. The maximum Gasteiger partial charge on any atom is 0.247 e. The van der Waals surface area contributed by atoms with Crippen molar-refractivity contribution >= 4 is 0 Å². The van der Waals surface area contributed by atoms with E-state index >= 15 is 0 Å². The summed E-state index contributed by atoms with van der Waals surface area (Å²) in [5.41, 5.74) is 1.85. The van der Waals surface area contributed by atoms with E-state index in [4.69, 9.17) is 4.42 Å². The first kappa shape index (κ1) is 15.9. The minimum absolute atomic E-state index is 0.00248. The van der Waals surface area contributed by atoms with Gasteiger partial charge in [0.1, 0.15) is 5.82 Å². The normalized spacial score (nSPS) is 20.9. The van der Waals surface area contributed by atoms with Crippen LogP contribution in [0.2, 0.25) is 0 Å². The lowest BCUT2D eigenvalue weighted by Gasteiger charge is -2.22. The Morgan fingerprint density at radius 1 is 1.08 bits per heavy atom. The Kier molecular flexibility index (Phi) is 4.29. The van der Waals surface area contributed by atoms with Crippen LogP contribution in [-0.2, 0) is 6.54 Å². The predicted molar refractivity (Wildman–Crippen MR) is 89.9 cm³/mol. The molecule has 6 heteroatoms. The highest BCUT2D eigenvalue weighted by Crippen LogP contribution is 2.33. The predicted octanol–water partition coefficient (Wildman–Crippen LogP) is 3.18. The van der Waals surface area contributed by atoms with Crippen molar-refractivity contribution in [2.75, 3.05) is 6.54 Å². The van der Waals surface area contributed by atoms with E-state index in [0.29, 0.717) is 31.3 Å². The Hall–Kier alpha value is -2.57. The number of β-amino-alcohol motifs (C(OH)–C–C–N with tert-alkyl or cyclic N) is 1. The molecule has 0 saturated carbocycles. The number of likely N-dealkylation sites (tertiary alicyclic amines) is 1. The molecule has 1 saturated heterocycles. The molecule has 1 N–H and O–H groups in total. The molecule has 25 heavy (non-hydrogen) atoms. The quantitative estimate of drug-likeness (QED) is 0.791. The molecule has 0 bridgehead atoms. The first-order valence-corrected chi connectivity index (χ1v) is 8.24. The van der Waals surface area contributed by atoms with Gasteiger partial charge in [-0.15, -0.1) is 10.2 Å². The van der Waals surface area contributed by atoms with Crippen LogP contribution in [0.25, 0.3) is 11.5 Å². The summed E-state index contributed by atoms with van der Waals surface area (Å²) in [5, 5.41) is 18.3. The smallest absolute Gasteiger partial charge is 0.247 e. The second-order valence-corrected chi connectivity index (χ2v) is 6.25. The number of aliphatic hydroxyl groups excluding tert-OH is 1. The van der Waals surface area contributed by atoms with Crippen LogP contribution in [0, 0.1) is 5.82 Å². The van der Waals surface area contributed by atoms with Crippen LogP contribution in [0.3, 0.4) is 0 Å². The average Bonchev–Trinajstić information content (AvgIpc) is 3.23. The van der Waals surface area contributed by atoms with Crippen molar-refractivity contribution in [1.29, 1.82) is 0 Å². The molecule has 4 rings (SSSR count). The summed E-state index contributed by atoms with van der Waals surface area (Å²) in [7, 11) is 0. The average molecular weight is 339 g/mol. The Bertz CT molecular complexity index is 835. The van der Waals surface area contributed by atoms with E-state index in [0.717, 1.165) is 11.1 Å². The maximum atomic E-state index is 13.2. The van der Waals surface area contributed by atoms with E-state index in [-0.39, 0.29) is 11.9 Å². The van der Waals surface area contributed by atoms with Crippen molar-refractivity contribution < 1.29 is 13.9 Å². The van der Waals surface area contributed by atoms with E-state index in [1.807, 2.05) is 30.3 Å². The highest BCUT2D eigenvalue weighted by Gasteiger charge is 2.33. The largest absolute Gasteiger partial charge is 0.419 e. The summed E-state index contributed by atoms with van der Waals surface area (Å²) in [5.74, 6) is 0.715. The highest BCUT2D eigenvalue weighted by atomic mass is 19.1. The maximum absolute atomic E-state index is 13.2. The molecule has 5 nitrogen and oxygen atoms in total. The number of halogens is 1. The molecule has 1 fully saturated rings. The summed E-state index contributed by atoms with van der Waals surface area (Å²) in [6, 6.07) is 16.0. The molecule has 1 aliphatic rings. The molecule has 0 unspecified atom stereocenters. The number of nitrogens with zero attached hydrogens (tertiary/aromatic N) is 3. The minimum Gasteiger partial charge on any atom is -0.419 e. The number of hydrogen-bond donors (Lipinski definition) is 1. The van der Waals surface area contributed by atoms with Crippen LogP contribution in [0.15, 0.2) is 59.0 Å². The van der Waals surface area contributed by atoms with Gasteiger partial charge in [0.2, 0.25) is 11.8 Å². The molecule has 0 amide bonds. The van der Waals surface area contributed by atoms with Gasteiger partial charge >= 0.3 is 0 Å². The molecule has 0 radical (unpaired) electrons. The third kappa shape index (κ3) is 3.45. The van der Waals surface area contributed by atoms with Crippen LogP contribution >= 0.6 is 0 Å². The third-order valence-electron chi connectivity index (χ3n) is 4.46. The standard InChI is InChI=1S/C19H18FN3O2/c20-15-8-6-13(7-9-15)17-10-16(24)11-23(17)12-18-21-22-19(25-18)14-4-2-1-3-5-14/h1-9,16-17,24H,10-12H2/t16-,17+/m1/s1. The van der Waals surface area contributed by atoms with E-state index in [9.17, 15) is 9.50 Å². The van der Waals surface area contributed by atoms with Gasteiger partial charge in [-0.1, -0.05) is 30.3 Å². The second kappa shape index (κ2) is 6.74. The zero-order valence-electron chi connectivity index (χ0n) is 13.5. The van der Waals surface area contributed by atoms with Crippen LogP contribution in [-0.4, -0.2) is 32.9 Å². The molecule has 1 aliphatic heterocycles. The topological polar surface area (TPSA) is 62.4 Å². The van der Waals surface area contributed by atoms with E-state index < -0.39 is 6.10 Å². The van der Waals surface area contributed by atoms with Gasteiger partial charge in [-0.25, -0.2) is 4.39 Å². The van der Waals surface area contributed by atoms with Crippen LogP contribution in [0.1, 0.15) is 23.9 Å². The van der Waals surface area contributed by atoms with Gasteiger partial charge in [-0.2, -0.15) is 0 Å². The van der Waals surface area contributed by atoms with Gasteiger partial charge in [0, 0.05) is 18.2 Å². The fourth-order valence-electron chi connectivity index (χ4n) is 3.27. The number of aromatic nitrogens is 2. The van der Waals surface area contributed by atoms with Gasteiger partial charge in [0.15, 0.2) is 0 Å². The number of rotatable bonds is 4. The summed E-state index contributed by atoms with van der Waals surface area (Å²) in [4.78, 5) is 2.08. The lowest BCUT2D eigenvalue weighted by molar-refractivity contribution is 0.167. The van der Waals surface area contributed by atoms with Gasteiger partial charge in [-0.3, -0.25) is 4.90 Å². The molecule has 2 heterocycles. The SMILES string of the molecule is O[C@@H]1C[C@@H](c2ccc(F)cc2)N(Cc2nnc(-c3ccccc3)o2)C1. The molecule has 3 aromatic rings. The number of benzene rings is 2. The molecular weight excluding hydrogens is 321 g/mol. The Morgan fingerprint density at radius 3 is 2.60 bits per heavy atom. The van der Waals surface area contributed by atoms with Crippen LogP contribution in [0.5, 0.6) is 0 Å². The number of aliphatic hydroxyl groups is 1. The van der Waals surface area contributed by atoms with Gasteiger partial charge < -0.3 is 9.52 Å². The molecule has 0 aliphatic carbocycles. The number of hydrogen-bond acceptors (Lipinski definition) is 5. The fraction of sp³-hybridized carbons (Fsp3) is 0.263. The van der Waals surface area contributed by atoms with Gasteiger partial charge in [-0.05, 0) is 36.2 Å². The van der Waals surface area contributed by atoms with Crippen molar-refractivity contribution in [2.24, 2.45) is 0 Å². The molecule has 0 spiro atoms. The third-order valence-corrected chi connectivity index (χ3v) is 4.46. The Balaban J connectivity index is 1.53. The lowest BCUT2D eigenvalue weighted by atomic mass is 10.0. The summed E-state index contributed by atoms with van der Waals surface area (Å²) >= 11 is 0. The summed E-state index contributed by atoms with van der Waals surface area (Å²) < 4.78 is 18.9. The molecule has 128 valence electrons. The van der Waals surface area contributed by atoms with Crippen LogP contribution in [0.4, 0.5) is 4.39 Å². The van der Waals surface area contributed by atoms with E-state index in [1.54, 1.807) is 12.1 Å². The zero-order chi connectivity index (χ0) is 17.2. The van der Waals surface area contributed by atoms with Gasteiger partial charge in [0.25, 0.3) is 0 Å². The molecule has 2 aromatic carbocycles.